The van der Waals surface area contributed by atoms with Gasteiger partial charge in [-0.1, -0.05) is 6.92 Å². The van der Waals surface area contributed by atoms with Gasteiger partial charge in [0.2, 0.25) is 0 Å². The molecule has 4 heteroatoms. The fraction of sp³-hybridized carbons (Fsp3) is 0.889. The highest BCUT2D eigenvalue weighted by Gasteiger charge is 2.11. The van der Waals surface area contributed by atoms with E-state index in [-0.39, 0.29) is 11.9 Å². The van der Waals surface area contributed by atoms with Crippen molar-refractivity contribution in [2.45, 2.75) is 13.8 Å². The van der Waals surface area contributed by atoms with E-state index in [0.717, 1.165) is 13.2 Å². The van der Waals surface area contributed by atoms with Crippen LogP contribution in [-0.2, 0) is 14.3 Å². The molecule has 78 valence electrons. The van der Waals surface area contributed by atoms with E-state index in [9.17, 15) is 4.79 Å². The molecule has 0 amide bonds. The van der Waals surface area contributed by atoms with Crippen molar-refractivity contribution in [1.29, 1.82) is 0 Å². The number of carbonyl (C=O) groups is 1. The summed E-state index contributed by atoms with van der Waals surface area (Å²) in [5.41, 5.74) is 0. The number of rotatable bonds is 7. The molecule has 0 radical (unpaired) electrons. The zero-order valence-electron chi connectivity index (χ0n) is 8.63. The molecule has 0 fully saturated rings. The minimum atomic E-state index is -0.177. The Labute approximate surface area is 79.6 Å². The van der Waals surface area contributed by atoms with Crippen LogP contribution in [-0.4, -0.2) is 39.4 Å². The van der Waals surface area contributed by atoms with Crippen LogP contribution in [0.2, 0.25) is 0 Å². The van der Waals surface area contributed by atoms with E-state index in [0.29, 0.717) is 13.2 Å². The second kappa shape index (κ2) is 8.01. The quantitative estimate of drug-likeness (QED) is 0.466. The van der Waals surface area contributed by atoms with Crippen LogP contribution < -0.4 is 5.32 Å². The van der Waals surface area contributed by atoms with Crippen molar-refractivity contribution in [2.24, 2.45) is 5.92 Å². The van der Waals surface area contributed by atoms with Crippen molar-refractivity contribution in [3.05, 3.63) is 0 Å². The number of nitrogens with one attached hydrogen (secondary N) is 1. The number of esters is 1. The summed E-state index contributed by atoms with van der Waals surface area (Å²) < 4.78 is 9.70. The molecular weight excluding hydrogens is 170 g/mol. The third-order valence-corrected chi connectivity index (χ3v) is 1.68. The number of hydrogen-bond acceptors (Lipinski definition) is 4. The fourth-order valence-corrected chi connectivity index (χ4v) is 0.892. The molecule has 0 aromatic rings. The predicted molar refractivity (Wildman–Crippen MR) is 50.5 cm³/mol. The normalized spacial score (nSPS) is 12.5. The molecule has 4 nitrogen and oxygen atoms in total. The van der Waals surface area contributed by atoms with Gasteiger partial charge < -0.3 is 14.8 Å². The largest absolute Gasteiger partial charge is 0.469 e. The van der Waals surface area contributed by atoms with Gasteiger partial charge >= 0.3 is 5.97 Å². The molecule has 0 spiro atoms. The highest BCUT2D eigenvalue weighted by molar-refractivity contribution is 5.71. The molecule has 0 saturated carbocycles. The average Bonchev–Trinajstić information content (AvgIpc) is 2.16. The molecule has 0 saturated heterocycles. The Bertz CT molecular complexity index is 139. The molecule has 0 aromatic carbocycles. The molecule has 13 heavy (non-hydrogen) atoms. The molecule has 0 aromatic heterocycles. The van der Waals surface area contributed by atoms with Gasteiger partial charge in [-0.05, 0) is 6.92 Å². The van der Waals surface area contributed by atoms with Gasteiger partial charge in [-0.2, -0.15) is 0 Å². The second-order valence-corrected chi connectivity index (χ2v) is 2.83. The summed E-state index contributed by atoms with van der Waals surface area (Å²) in [5.74, 6) is -0.268. The third kappa shape index (κ3) is 6.54. The van der Waals surface area contributed by atoms with Gasteiger partial charge in [0.15, 0.2) is 0 Å². The van der Waals surface area contributed by atoms with Gasteiger partial charge in [0, 0.05) is 19.7 Å². The lowest BCUT2D eigenvalue weighted by atomic mass is 10.2. The SMILES string of the molecule is CCOCCNC[C@@H](C)C(=O)OC. The maximum Gasteiger partial charge on any atom is 0.309 e. The third-order valence-electron chi connectivity index (χ3n) is 1.68. The second-order valence-electron chi connectivity index (χ2n) is 2.83. The van der Waals surface area contributed by atoms with Crippen LogP contribution in [0.25, 0.3) is 0 Å². The van der Waals surface area contributed by atoms with Gasteiger partial charge in [-0.3, -0.25) is 4.79 Å². The number of methoxy groups -OCH3 is 1. The first-order chi connectivity index (χ1) is 6.22. The Morgan fingerprint density at radius 3 is 2.77 bits per heavy atom. The fourth-order valence-electron chi connectivity index (χ4n) is 0.892. The van der Waals surface area contributed by atoms with Crippen LogP contribution in [0.3, 0.4) is 0 Å². The molecular formula is C9H19NO3. The average molecular weight is 189 g/mol. The lowest BCUT2D eigenvalue weighted by Gasteiger charge is -2.09. The standard InChI is InChI=1S/C9H19NO3/c1-4-13-6-5-10-7-8(2)9(11)12-3/h8,10H,4-7H2,1-3H3/t8-/m1/s1. The van der Waals surface area contributed by atoms with Gasteiger partial charge in [-0.25, -0.2) is 0 Å². The van der Waals surface area contributed by atoms with Crippen molar-refractivity contribution in [2.75, 3.05) is 33.4 Å². The zero-order valence-corrected chi connectivity index (χ0v) is 8.63. The predicted octanol–water partition coefficient (Wildman–Crippen LogP) is 0.422. The molecule has 0 aliphatic rings. The van der Waals surface area contributed by atoms with Gasteiger partial charge in [0.05, 0.1) is 19.6 Å². The van der Waals surface area contributed by atoms with Gasteiger partial charge in [-0.15, -0.1) is 0 Å². The highest BCUT2D eigenvalue weighted by Crippen LogP contribution is 1.94. The Hall–Kier alpha value is -0.610. The molecule has 0 rings (SSSR count). The van der Waals surface area contributed by atoms with E-state index in [1.807, 2.05) is 13.8 Å². The maximum absolute atomic E-state index is 10.9. The van der Waals surface area contributed by atoms with Crippen LogP contribution in [0, 0.1) is 5.92 Å². The molecule has 1 N–H and O–H groups in total. The number of hydrogen-bond donors (Lipinski definition) is 1. The monoisotopic (exact) mass is 189 g/mol. The van der Waals surface area contributed by atoms with Gasteiger partial charge in [0.25, 0.3) is 0 Å². The van der Waals surface area contributed by atoms with Crippen molar-refractivity contribution >= 4 is 5.97 Å². The van der Waals surface area contributed by atoms with Gasteiger partial charge in [0.1, 0.15) is 0 Å². The summed E-state index contributed by atoms with van der Waals surface area (Å²) in [4.78, 5) is 10.9. The zero-order chi connectivity index (χ0) is 10.1. The smallest absolute Gasteiger partial charge is 0.309 e. The summed E-state index contributed by atoms with van der Waals surface area (Å²) in [6.45, 7) is 6.62. The minimum absolute atomic E-state index is 0.0911. The number of ether oxygens (including phenoxy) is 2. The molecule has 0 heterocycles. The van der Waals surface area contributed by atoms with Crippen LogP contribution in [0.15, 0.2) is 0 Å². The number of carbonyl (C=O) groups excluding carboxylic acids is 1. The summed E-state index contributed by atoms with van der Waals surface area (Å²) in [7, 11) is 1.40. The van der Waals surface area contributed by atoms with E-state index in [1.165, 1.54) is 7.11 Å². The van der Waals surface area contributed by atoms with E-state index < -0.39 is 0 Å². The lowest BCUT2D eigenvalue weighted by molar-refractivity contribution is -0.144. The van der Waals surface area contributed by atoms with Crippen molar-refractivity contribution in [1.82, 2.24) is 5.32 Å². The summed E-state index contributed by atoms with van der Waals surface area (Å²) in [6.07, 6.45) is 0. The van der Waals surface area contributed by atoms with Crippen molar-refractivity contribution in [3.8, 4) is 0 Å². The maximum atomic E-state index is 10.9. The van der Waals surface area contributed by atoms with Crippen LogP contribution in [0.5, 0.6) is 0 Å². The Balaban J connectivity index is 3.26. The first-order valence-electron chi connectivity index (χ1n) is 4.58. The Morgan fingerprint density at radius 2 is 2.23 bits per heavy atom. The molecule has 0 bridgehead atoms. The van der Waals surface area contributed by atoms with Crippen LogP contribution >= 0.6 is 0 Å². The van der Waals surface area contributed by atoms with E-state index in [1.54, 1.807) is 0 Å². The van der Waals surface area contributed by atoms with Crippen LogP contribution in [0.1, 0.15) is 13.8 Å². The summed E-state index contributed by atoms with van der Waals surface area (Å²) in [6, 6.07) is 0. The van der Waals surface area contributed by atoms with E-state index >= 15 is 0 Å². The van der Waals surface area contributed by atoms with E-state index in [2.05, 4.69) is 10.1 Å². The lowest BCUT2D eigenvalue weighted by Crippen LogP contribution is -2.29. The molecule has 0 aliphatic carbocycles. The van der Waals surface area contributed by atoms with Crippen molar-refractivity contribution in [3.63, 3.8) is 0 Å². The molecule has 0 unspecified atom stereocenters. The first kappa shape index (κ1) is 12.4. The topological polar surface area (TPSA) is 47.6 Å². The Morgan fingerprint density at radius 1 is 1.54 bits per heavy atom. The summed E-state index contributed by atoms with van der Waals surface area (Å²) in [5, 5.41) is 3.11. The minimum Gasteiger partial charge on any atom is -0.469 e. The van der Waals surface area contributed by atoms with Crippen molar-refractivity contribution < 1.29 is 14.3 Å². The van der Waals surface area contributed by atoms with E-state index in [4.69, 9.17) is 4.74 Å². The highest BCUT2D eigenvalue weighted by atomic mass is 16.5. The summed E-state index contributed by atoms with van der Waals surface area (Å²) >= 11 is 0. The first-order valence-corrected chi connectivity index (χ1v) is 4.58. The van der Waals surface area contributed by atoms with Crippen LogP contribution in [0.4, 0.5) is 0 Å². The molecule has 0 aliphatic heterocycles. The molecule has 1 atom stereocenters. The Kier molecular flexibility index (Phi) is 7.63.